The molecule has 0 aliphatic heterocycles. The van der Waals surface area contributed by atoms with Crippen molar-refractivity contribution in [3.63, 3.8) is 0 Å². The van der Waals surface area contributed by atoms with Crippen LogP contribution in [-0.4, -0.2) is 9.82 Å². The van der Waals surface area contributed by atoms with Crippen molar-refractivity contribution >= 4 is 40.8 Å². The first-order valence-electron chi connectivity index (χ1n) is 4.09. The van der Waals surface area contributed by atoms with Crippen LogP contribution in [0.3, 0.4) is 0 Å². The summed E-state index contributed by atoms with van der Waals surface area (Å²) < 4.78 is -1.64. The maximum atomic E-state index is 10.8. The maximum Gasteiger partial charge on any atom is 0.312 e. The smallest absolute Gasteiger partial charge is 0.312 e. The average molecular weight is 268 g/mol. The van der Waals surface area contributed by atoms with E-state index in [1.54, 1.807) is 24.3 Å². The van der Waals surface area contributed by atoms with E-state index in [2.05, 4.69) is 5.32 Å². The van der Waals surface area contributed by atoms with Crippen molar-refractivity contribution in [3.05, 3.63) is 35.9 Å². The zero-order valence-corrected chi connectivity index (χ0v) is 9.85. The fourth-order valence-corrected chi connectivity index (χ4v) is 1.68. The Morgan fingerprint density at radius 1 is 1.27 bits per heavy atom. The number of hydrogen-bond donors (Lipinski definition) is 2. The molecule has 0 aromatic heterocycles. The van der Waals surface area contributed by atoms with Crippen molar-refractivity contribution < 1.29 is 4.79 Å². The van der Waals surface area contributed by atoms with Gasteiger partial charge in [0.1, 0.15) is 6.04 Å². The summed E-state index contributed by atoms with van der Waals surface area (Å²) >= 11 is 17.2. The van der Waals surface area contributed by atoms with Crippen LogP contribution in [0.1, 0.15) is 11.6 Å². The predicted molar refractivity (Wildman–Crippen MR) is 62.2 cm³/mol. The van der Waals surface area contributed by atoms with E-state index in [1.165, 1.54) is 0 Å². The van der Waals surface area contributed by atoms with E-state index in [9.17, 15) is 4.79 Å². The average Bonchev–Trinajstić information content (AvgIpc) is 2.14. The SMILES string of the molecule is NC(=O)N[C@H](c1ccccc1)C(Cl)(Cl)Cl. The quantitative estimate of drug-likeness (QED) is 0.796. The molecular formula is C9H9Cl3N2O. The van der Waals surface area contributed by atoms with Gasteiger partial charge in [0.05, 0.1) is 0 Å². The molecule has 0 unspecified atom stereocenters. The molecule has 3 N–H and O–H groups in total. The van der Waals surface area contributed by atoms with Gasteiger partial charge in [-0.25, -0.2) is 4.79 Å². The van der Waals surface area contributed by atoms with E-state index in [1.807, 2.05) is 6.07 Å². The van der Waals surface area contributed by atoms with E-state index >= 15 is 0 Å². The minimum atomic E-state index is -1.64. The van der Waals surface area contributed by atoms with Gasteiger partial charge in [0.15, 0.2) is 0 Å². The fraction of sp³-hybridized carbons (Fsp3) is 0.222. The van der Waals surface area contributed by atoms with Crippen LogP contribution < -0.4 is 11.1 Å². The van der Waals surface area contributed by atoms with Gasteiger partial charge in [0, 0.05) is 0 Å². The van der Waals surface area contributed by atoms with Gasteiger partial charge in [-0.1, -0.05) is 65.1 Å². The van der Waals surface area contributed by atoms with Crippen molar-refractivity contribution in [1.82, 2.24) is 5.32 Å². The van der Waals surface area contributed by atoms with Gasteiger partial charge in [-0.3, -0.25) is 0 Å². The van der Waals surface area contributed by atoms with Gasteiger partial charge in [-0.2, -0.15) is 0 Å². The summed E-state index contributed by atoms with van der Waals surface area (Å²) in [5, 5.41) is 2.38. The van der Waals surface area contributed by atoms with E-state index < -0.39 is 15.9 Å². The third-order valence-corrected chi connectivity index (χ3v) is 2.40. The molecule has 2 amide bonds. The highest BCUT2D eigenvalue weighted by atomic mass is 35.6. The van der Waals surface area contributed by atoms with Crippen molar-refractivity contribution in [2.24, 2.45) is 5.73 Å². The van der Waals surface area contributed by atoms with Gasteiger partial charge in [0.25, 0.3) is 0 Å². The third kappa shape index (κ3) is 3.78. The summed E-state index contributed by atoms with van der Waals surface area (Å²) in [5.41, 5.74) is 5.68. The number of alkyl halides is 3. The van der Waals surface area contributed by atoms with Crippen molar-refractivity contribution in [3.8, 4) is 0 Å². The van der Waals surface area contributed by atoms with Crippen LogP contribution in [0.15, 0.2) is 30.3 Å². The molecule has 1 aromatic rings. The van der Waals surface area contributed by atoms with Gasteiger partial charge >= 0.3 is 6.03 Å². The van der Waals surface area contributed by atoms with Crippen LogP contribution >= 0.6 is 34.8 Å². The number of amides is 2. The molecule has 0 spiro atoms. The molecule has 0 heterocycles. The first kappa shape index (κ1) is 12.4. The molecular weight excluding hydrogens is 258 g/mol. The van der Waals surface area contributed by atoms with E-state index in [0.29, 0.717) is 5.56 Å². The monoisotopic (exact) mass is 266 g/mol. The number of benzene rings is 1. The molecule has 6 heteroatoms. The lowest BCUT2D eigenvalue weighted by molar-refractivity contribution is 0.245. The van der Waals surface area contributed by atoms with Crippen molar-refractivity contribution in [1.29, 1.82) is 0 Å². The zero-order chi connectivity index (χ0) is 11.5. The zero-order valence-electron chi connectivity index (χ0n) is 7.58. The summed E-state index contributed by atoms with van der Waals surface area (Å²) in [6.07, 6.45) is 0. The molecule has 1 aromatic carbocycles. The lowest BCUT2D eigenvalue weighted by Crippen LogP contribution is -2.39. The summed E-state index contributed by atoms with van der Waals surface area (Å²) in [6, 6.07) is 7.35. The number of hydrogen-bond acceptors (Lipinski definition) is 1. The van der Waals surface area contributed by atoms with Crippen LogP contribution in [-0.2, 0) is 0 Å². The standard InChI is InChI=1S/C9H9Cl3N2O/c10-9(11,12)7(14-8(13)15)6-4-2-1-3-5-6/h1-5,7H,(H3,13,14,15)/t7-/m1/s1. The molecule has 82 valence electrons. The Morgan fingerprint density at radius 3 is 2.20 bits per heavy atom. The van der Waals surface area contributed by atoms with Crippen LogP contribution in [0, 0.1) is 0 Å². The Kier molecular flexibility index (Phi) is 4.08. The summed E-state index contributed by atoms with van der Waals surface area (Å²) in [5.74, 6) is 0. The number of rotatable bonds is 2. The van der Waals surface area contributed by atoms with Crippen LogP contribution in [0.25, 0.3) is 0 Å². The van der Waals surface area contributed by atoms with Crippen molar-refractivity contribution in [2.45, 2.75) is 9.83 Å². The number of carbonyl (C=O) groups is 1. The van der Waals surface area contributed by atoms with E-state index in [0.717, 1.165) is 0 Å². The highest BCUT2D eigenvalue weighted by Crippen LogP contribution is 2.39. The number of carbonyl (C=O) groups excluding carboxylic acids is 1. The largest absolute Gasteiger partial charge is 0.352 e. The Bertz CT molecular complexity index is 337. The molecule has 0 aliphatic carbocycles. The molecule has 0 saturated carbocycles. The van der Waals surface area contributed by atoms with Gasteiger partial charge < -0.3 is 11.1 Å². The Balaban J connectivity index is 2.97. The second-order valence-electron chi connectivity index (χ2n) is 2.89. The fourth-order valence-electron chi connectivity index (χ4n) is 1.14. The molecule has 0 fully saturated rings. The molecule has 0 aliphatic rings. The molecule has 15 heavy (non-hydrogen) atoms. The normalized spacial score (nSPS) is 13.3. The highest BCUT2D eigenvalue weighted by Gasteiger charge is 2.34. The van der Waals surface area contributed by atoms with Gasteiger partial charge in [-0.05, 0) is 5.56 Å². The molecule has 1 atom stereocenters. The Hall–Kier alpha value is -0.640. The number of nitrogens with one attached hydrogen (secondary N) is 1. The van der Waals surface area contributed by atoms with E-state index in [4.69, 9.17) is 40.5 Å². The summed E-state index contributed by atoms with van der Waals surface area (Å²) in [6.45, 7) is 0. The third-order valence-electron chi connectivity index (χ3n) is 1.75. The lowest BCUT2D eigenvalue weighted by Gasteiger charge is -2.24. The molecule has 1 rings (SSSR count). The maximum absolute atomic E-state index is 10.8. The van der Waals surface area contributed by atoms with Gasteiger partial charge in [0.2, 0.25) is 3.79 Å². The summed E-state index contributed by atoms with van der Waals surface area (Å²) in [4.78, 5) is 10.8. The number of nitrogens with two attached hydrogens (primary N) is 1. The van der Waals surface area contributed by atoms with Crippen LogP contribution in [0.2, 0.25) is 0 Å². The molecule has 3 nitrogen and oxygen atoms in total. The second kappa shape index (κ2) is 4.92. The Morgan fingerprint density at radius 2 is 1.80 bits per heavy atom. The Labute approximate surface area is 102 Å². The van der Waals surface area contributed by atoms with Crippen LogP contribution in [0.5, 0.6) is 0 Å². The molecule has 0 bridgehead atoms. The number of urea groups is 1. The molecule has 0 radical (unpaired) electrons. The minimum absolute atomic E-state index is 0.677. The molecule has 0 saturated heterocycles. The first-order valence-corrected chi connectivity index (χ1v) is 5.22. The lowest BCUT2D eigenvalue weighted by atomic mass is 10.1. The number of primary amides is 1. The topological polar surface area (TPSA) is 55.1 Å². The van der Waals surface area contributed by atoms with Crippen molar-refractivity contribution in [2.75, 3.05) is 0 Å². The van der Waals surface area contributed by atoms with E-state index in [-0.39, 0.29) is 0 Å². The van der Waals surface area contributed by atoms with Crippen LogP contribution in [0.4, 0.5) is 4.79 Å². The highest BCUT2D eigenvalue weighted by molar-refractivity contribution is 6.68. The number of halogens is 3. The second-order valence-corrected chi connectivity index (χ2v) is 5.26. The van der Waals surface area contributed by atoms with Gasteiger partial charge in [-0.15, -0.1) is 0 Å². The summed E-state index contributed by atoms with van der Waals surface area (Å²) in [7, 11) is 0. The first-order chi connectivity index (χ1) is 6.91. The predicted octanol–water partition coefficient (Wildman–Crippen LogP) is 2.77. The minimum Gasteiger partial charge on any atom is -0.352 e.